The monoisotopic (exact) mass is 540 g/mol. The Bertz CT molecular complexity index is 514. The molecule has 1 aliphatic heterocycles. The summed E-state index contributed by atoms with van der Waals surface area (Å²) < 4.78 is 5.34. The Balaban J connectivity index is 0.00000841. The molecule has 8 nitrogen and oxygen atoms in total. The van der Waals surface area contributed by atoms with Crippen LogP contribution >= 0.6 is 24.0 Å². The molecule has 3 N–H and O–H groups in total. The van der Waals surface area contributed by atoms with Crippen molar-refractivity contribution in [2.24, 2.45) is 4.99 Å². The van der Waals surface area contributed by atoms with Gasteiger partial charge in [0.05, 0.1) is 12.1 Å². The van der Waals surface area contributed by atoms with Gasteiger partial charge >= 0.3 is 6.09 Å². The van der Waals surface area contributed by atoms with Crippen molar-refractivity contribution < 1.29 is 9.53 Å². The van der Waals surface area contributed by atoms with Gasteiger partial charge in [-0.25, -0.2) is 4.79 Å². The summed E-state index contributed by atoms with van der Waals surface area (Å²) in [5.74, 6) is 0.783. The highest BCUT2D eigenvalue weighted by Gasteiger charge is 2.24. The maximum absolute atomic E-state index is 12.0. The van der Waals surface area contributed by atoms with Crippen LogP contribution < -0.4 is 16.0 Å². The third kappa shape index (κ3) is 14.2. The van der Waals surface area contributed by atoms with Gasteiger partial charge in [0.1, 0.15) is 5.60 Å². The Labute approximate surface area is 201 Å². The van der Waals surface area contributed by atoms with E-state index >= 15 is 0 Å². The van der Waals surface area contributed by atoms with Crippen LogP contribution in [-0.2, 0) is 4.74 Å². The Morgan fingerprint density at radius 2 is 1.67 bits per heavy atom. The maximum Gasteiger partial charge on any atom is 0.408 e. The number of nitrogens with one attached hydrogen (secondary N) is 3. The average molecular weight is 541 g/mol. The zero-order valence-corrected chi connectivity index (χ0v) is 22.5. The molecule has 0 saturated carbocycles. The quantitative estimate of drug-likeness (QED) is 0.181. The molecule has 9 heteroatoms. The molecule has 1 heterocycles. The van der Waals surface area contributed by atoms with E-state index in [2.05, 4.69) is 44.7 Å². The number of alkyl carbamates (subject to hydrolysis) is 1. The number of unbranched alkanes of at least 4 members (excludes halogenated alkanes) is 1. The molecule has 0 aromatic carbocycles. The summed E-state index contributed by atoms with van der Waals surface area (Å²) in [4.78, 5) is 21.6. The fourth-order valence-electron chi connectivity index (χ4n) is 2.98. The zero-order chi connectivity index (χ0) is 21.9. The van der Waals surface area contributed by atoms with E-state index in [0.717, 1.165) is 32.0 Å². The minimum Gasteiger partial charge on any atom is -0.444 e. The van der Waals surface area contributed by atoms with Gasteiger partial charge in [-0.05, 0) is 68.0 Å². The normalized spacial score (nSPS) is 16.6. The van der Waals surface area contributed by atoms with Crippen molar-refractivity contribution in [3.8, 4) is 0 Å². The van der Waals surface area contributed by atoms with Crippen molar-refractivity contribution in [1.29, 1.82) is 0 Å². The van der Waals surface area contributed by atoms with Crippen molar-refractivity contribution in [2.45, 2.75) is 65.5 Å². The highest BCUT2D eigenvalue weighted by Crippen LogP contribution is 2.09. The standard InChI is InChI=1S/C21H44N6O2.HI/c1-8-22-18(23-11-9-10-12-27-15-13-26(7)14-16-27)24-17-21(5,6)25-19(28)29-20(2,3)4;/h8-17H2,1-7H3,(H,25,28)(H2,22,23,24);1H. The van der Waals surface area contributed by atoms with Crippen molar-refractivity contribution in [3.63, 3.8) is 0 Å². The summed E-state index contributed by atoms with van der Waals surface area (Å²) in [6.07, 6.45) is 1.87. The van der Waals surface area contributed by atoms with E-state index in [9.17, 15) is 4.79 Å². The van der Waals surface area contributed by atoms with Crippen LogP contribution in [0, 0.1) is 0 Å². The van der Waals surface area contributed by atoms with Gasteiger partial charge in [-0.3, -0.25) is 4.99 Å². The van der Waals surface area contributed by atoms with Gasteiger partial charge in [-0.15, -0.1) is 24.0 Å². The molecular weight excluding hydrogens is 495 g/mol. The second kappa shape index (κ2) is 14.3. The lowest BCUT2D eigenvalue weighted by molar-refractivity contribution is 0.0476. The average Bonchev–Trinajstić information content (AvgIpc) is 2.58. The van der Waals surface area contributed by atoms with Crippen LogP contribution in [0.1, 0.15) is 54.4 Å². The number of carbonyl (C=O) groups excluding carboxylic acids is 1. The smallest absolute Gasteiger partial charge is 0.408 e. The highest BCUT2D eigenvalue weighted by molar-refractivity contribution is 14.0. The number of likely N-dealkylation sites (N-methyl/N-ethyl adjacent to an activating group) is 1. The number of halogens is 1. The van der Waals surface area contributed by atoms with Crippen molar-refractivity contribution in [1.82, 2.24) is 25.8 Å². The Morgan fingerprint density at radius 1 is 1.03 bits per heavy atom. The van der Waals surface area contributed by atoms with Crippen LogP contribution in [0.2, 0.25) is 0 Å². The molecule has 0 atom stereocenters. The number of amides is 1. The summed E-state index contributed by atoms with van der Waals surface area (Å²) in [6, 6.07) is 0. The summed E-state index contributed by atoms with van der Waals surface area (Å²) in [5.41, 5.74) is -1.00. The molecule has 0 aromatic rings. The number of aliphatic imine (C=N–C) groups is 1. The number of rotatable bonds is 9. The molecule has 1 fully saturated rings. The predicted molar refractivity (Wildman–Crippen MR) is 136 cm³/mol. The Morgan fingerprint density at radius 3 is 2.23 bits per heavy atom. The van der Waals surface area contributed by atoms with E-state index in [1.165, 1.54) is 32.6 Å². The largest absolute Gasteiger partial charge is 0.444 e. The number of guanidine groups is 1. The van der Waals surface area contributed by atoms with E-state index < -0.39 is 17.2 Å². The van der Waals surface area contributed by atoms with E-state index in [0.29, 0.717) is 6.54 Å². The highest BCUT2D eigenvalue weighted by atomic mass is 127. The van der Waals surface area contributed by atoms with E-state index in [1.807, 2.05) is 34.6 Å². The van der Waals surface area contributed by atoms with Crippen molar-refractivity contribution >= 4 is 36.0 Å². The first kappa shape index (κ1) is 29.2. The Kier molecular flexibility index (Phi) is 13.9. The Hall–Kier alpha value is -0.810. The van der Waals surface area contributed by atoms with Crippen LogP contribution in [0.4, 0.5) is 4.79 Å². The fraction of sp³-hybridized carbons (Fsp3) is 0.905. The van der Waals surface area contributed by atoms with Gasteiger partial charge in [0, 0.05) is 39.3 Å². The van der Waals surface area contributed by atoms with Crippen LogP contribution in [0.5, 0.6) is 0 Å². The molecule has 0 radical (unpaired) electrons. The van der Waals surface area contributed by atoms with Gasteiger partial charge in [0.2, 0.25) is 0 Å². The molecule has 1 rings (SSSR count). The van der Waals surface area contributed by atoms with Crippen LogP contribution in [0.3, 0.4) is 0 Å². The number of hydrogen-bond donors (Lipinski definition) is 3. The lowest BCUT2D eigenvalue weighted by Crippen LogP contribution is -2.49. The number of ether oxygens (including phenoxy) is 1. The molecule has 0 aromatic heterocycles. The topological polar surface area (TPSA) is 81.2 Å². The first-order valence-corrected chi connectivity index (χ1v) is 10.9. The van der Waals surface area contributed by atoms with Crippen molar-refractivity contribution in [2.75, 3.05) is 59.4 Å². The first-order valence-electron chi connectivity index (χ1n) is 10.9. The molecule has 30 heavy (non-hydrogen) atoms. The molecule has 178 valence electrons. The summed E-state index contributed by atoms with van der Waals surface area (Å²) >= 11 is 0. The number of piperazine rings is 1. The third-order valence-electron chi connectivity index (χ3n) is 4.61. The molecule has 1 amide bonds. The van der Waals surface area contributed by atoms with E-state index in [1.54, 1.807) is 0 Å². The van der Waals surface area contributed by atoms with Gasteiger partial charge in [0.25, 0.3) is 0 Å². The molecule has 0 spiro atoms. The fourth-order valence-corrected chi connectivity index (χ4v) is 2.98. The predicted octanol–water partition coefficient (Wildman–Crippen LogP) is 2.49. The van der Waals surface area contributed by atoms with Gasteiger partial charge < -0.3 is 30.5 Å². The van der Waals surface area contributed by atoms with Crippen LogP contribution in [0.15, 0.2) is 4.99 Å². The molecule has 0 aliphatic carbocycles. The maximum atomic E-state index is 12.0. The zero-order valence-electron chi connectivity index (χ0n) is 20.1. The molecular formula is C21H45IN6O2. The number of carbonyl (C=O) groups is 1. The van der Waals surface area contributed by atoms with Gasteiger partial charge in [-0.2, -0.15) is 0 Å². The number of nitrogens with zero attached hydrogens (tertiary/aromatic N) is 3. The minimum atomic E-state index is -0.510. The first-order chi connectivity index (χ1) is 13.5. The molecule has 1 saturated heterocycles. The molecule has 0 unspecified atom stereocenters. The van der Waals surface area contributed by atoms with Gasteiger partial charge in [0.15, 0.2) is 5.96 Å². The van der Waals surface area contributed by atoms with E-state index in [-0.39, 0.29) is 24.0 Å². The lowest BCUT2D eigenvalue weighted by atomic mass is 10.1. The van der Waals surface area contributed by atoms with E-state index in [4.69, 9.17) is 4.74 Å². The van der Waals surface area contributed by atoms with Crippen LogP contribution in [-0.4, -0.2) is 92.4 Å². The number of hydrogen-bond acceptors (Lipinski definition) is 5. The minimum absolute atomic E-state index is 0. The third-order valence-corrected chi connectivity index (χ3v) is 4.61. The SMILES string of the molecule is CCNC(=NCC(C)(C)NC(=O)OC(C)(C)C)NCCCCN1CCN(C)CC1.I. The lowest BCUT2D eigenvalue weighted by Gasteiger charge is -2.32. The van der Waals surface area contributed by atoms with Crippen molar-refractivity contribution in [3.05, 3.63) is 0 Å². The molecule has 1 aliphatic rings. The van der Waals surface area contributed by atoms with Crippen LogP contribution in [0.25, 0.3) is 0 Å². The van der Waals surface area contributed by atoms with Gasteiger partial charge in [-0.1, -0.05) is 0 Å². The second-order valence-electron chi connectivity index (χ2n) is 9.48. The summed E-state index contributed by atoms with van der Waals surface area (Å²) in [7, 11) is 2.19. The molecule has 0 bridgehead atoms. The summed E-state index contributed by atoms with van der Waals surface area (Å²) in [5, 5.41) is 9.56. The summed E-state index contributed by atoms with van der Waals surface area (Å²) in [6.45, 7) is 19.5. The second-order valence-corrected chi connectivity index (χ2v) is 9.48.